The smallest absolute Gasteiger partial charge is 0.411 e. The summed E-state index contributed by atoms with van der Waals surface area (Å²) in [4.78, 5) is 13.1. The van der Waals surface area contributed by atoms with Crippen molar-refractivity contribution >= 4 is 23.1 Å². The maximum absolute atomic E-state index is 10.8. The number of carboxylic acid groups (broad SMARTS) is 1. The van der Waals surface area contributed by atoms with Crippen molar-refractivity contribution in [1.29, 1.82) is 0 Å². The summed E-state index contributed by atoms with van der Waals surface area (Å²) in [5, 5.41) is 10.8. The largest absolute Gasteiger partial charge is 0.465 e. The first kappa shape index (κ1) is 9.02. The average Bonchev–Trinajstić information content (AvgIpc) is 2.60. The zero-order valence-corrected chi connectivity index (χ0v) is 8.41. The Labute approximate surface area is 85.6 Å². The van der Waals surface area contributed by atoms with E-state index in [4.69, 9.17) is 5.11 Å². The van der Waals surface area contributed by atoms with Crippen LogP contribution in [0.2, 0.25) is 0 Å². The Morgan fingerprint density at radius 1 is 1.43 bits per heavy atom. The third-order valence-corrected chi connectivity index (χ3v) is 3.02. The maximum atomic E-state index is 10.8. The van der Waals surface area contributed by atoms with Crippen molar-refractivity contribution in [2.75, 3.05) is 11.9 Å². The van der Waals surface area contributed by atoms with Crippen LogP contribution in [0.1, 0.15) is 0 Å². The van der Waals surface area contributed by atoms with Crippen molar-refractivity contribution in [3.05, 3.63) is 29.6 Å². The number of carbonyl (C=O) groups is 1. The van der Waals surface area contributed by atoms with Crippen LogP contribution in [0.4, 0.5) is 10.5 Å². The zero-order valence-electron chi connectivity index (χ0n) is 7.60. The molecule has 0 unspecified atom stereocenters. The van der Waals surface area contributed by atoms with Gasteiger partial charge in [-0.3, -0.25) is 4.90 Å². The van der Waals surface area contributed by atoms with Gasteiger partial charge in [0.25, 0.3) is 0 Å². The van der Waals surface area contributed by atoms with E-state index in [0.717, 1.165) is 16.1 Å². The minimum Gasteiger partial charge on any atom is -0.465 e. The fraction of sp³-hybridized carbons (Fsp3) is 0.100. The molecule has 0 aromatic rings. The summed E-state index contributed by atoms with van der Waals surface area (Å²) >= 11 is 1.61. The van der Waals surface area contributed by atoms with Crippen molar-refractivity contribution in [1.82, 2.24) is 0 Å². The van der Waals surface area contributed by atoms with Gasteiger partial charge in [-0.2, -0.15) is 0 Å². The standard InChI is InChI=1S/C10H9NO2S/c1-11(10(12)13)8-4-5-9-7(8)3-2-6-14-9/h2-6H,1H3,(H,12,13). The molecule has 3 nitrogen and oxygen atoms in total. The molecule has 4 heteroatoms. The molecule has 0 saturated heterocycles. The number of rotatable bonds is 1. The van der Waals surface area contributed by atoms with Crippen LogP contribution in [0.15, 0.2) is 29.6 Å². The molecule has 2 rings (SSSR count). The van der Waals surface area contributed by atoms with Crippen molar-refractivity contribution in [2.45, 2.75) is 0 Å². The van der Waals surface area contributed by atoms with Crippen LogP contribution in [0.25, 0.3) is 10.4 Å². The van der Waals surface area contributed by atoms with E-state index in [1.165, 1.54) is 4.90 Å². The van der Waals surface area contributed by atoms with Gasteiger partial charge < -0.3 is 5.11 Å². The van der Waals surface area contributed by atoms with Crippen molar-refractivity contribution in [3.63, 3.8) is 0 Å². The number of hydrogen-bond donors (Lipinski definition) is 1. The van der Waals surface area contributed by atoms with Crippen LogP contribution in [-0.4, -0.2) is 18.2 Å². The molecular formula is C10H9NO2S. The van der Waals surface area contributed by atoms with Gasteiger partial charge in [-0.1, -0.05) is 12.1 Å². The van der Waals surface area contributed by atoms with Gasteiger partial charge >= 0.3 is 6.09 Å². The maximum Gasteiger partial charge on any atom is 0.411 e. The van der Waals surface area contributed by atoms with E-state index in [2.05, 4.69) is 0 Å². The minimum atomic E-state index is -0.939. The lowest BCUT2D eigenvalue weighted by atomic mass is 10.2. The molecule has 1 amide bonds. The first-order valence-electron chi connectivity index (χ1n) is 4.13. The predicted octanol–water partition coefficient (Wildman–Crippen LogP) is 2.97. The number of hydrogen-bond acceptors (Lipinski definition) is 2. The highest BCUT2D eigenvalue weighted by molar-refractivity contribution is 7.13. The van der Waals surface area contributed by atoms with Gasteiger partial charge in [0.05, 0.1) is 5.69 Å². The molecule has 14 heavy (non-hydrogen) atoms. The van der Waals surface area contributed by atoms with Gasteiger partial charge in [0.15, 0.2) is 0 Å². The number of amides is 1. The normalized spacial score (nSPS) is 10.4. The van der Waals surface area contributed by atoms with Gasteiger partial charge in [0, 0.05) is 17.5 Å². The van der Waals surface area contributed by atoms with E-state index in [0.29, 0.717) is 0 Å². The molecule has 2 aliphatic rings. The van der Waals surface area contributed by atoms with Gasteiger partial charge in [-0.25, -0.2) is 4.79 Å². The van der Waals surface area contributed by atoms with Gasteiger partial charge in [0.1, 0.15) is 0 Å². The lowest BCUT2D eigenvalue weighted by Gasteiger charge is -2.13. The SMILES string of the molecule is CN(C(=O)O)c1ccc2scccc1-2. The second-order valence-corrected chi connectivity index (χ2v) is 3.90. The monoisotopic (exact) mass is 207 g/mol. The first-order chi connectivity index (χ1) is 6.70. The second-order valence-electron chi connectivity index (χ2n) is 2.95. The summed E-state index contributed by atoms with van der Waals surface area (Å²) in [6.07, 6.45) is -0.939. The van der Waals surface area contributed by atoms with E-state index in [1.807, 2.05) is 29.6 Å². The molecule has 0 radical (unpaired) electrons. The van der Waals surface area contributed by atoms with Crippen LogP contribution in [0.5, 0.6) is 0 Å². The molecule has 1 aliphatic carbocycles. The summed E-state index contributed by atoms with van der Waals surface area (Å²) in [6.45, 7) is 0. The molecule has 72 valence electrons. The van der Waals surface area contributed by atoms with Crippen molar-refractivity contribution in [2.24, 2.45) is 0 Å². The second kappa shape index (κ2) is 3.31. The van der Waals surface area contributed by atoms with Crippen molar-refractivity contribution in [3.8, 4) is 10.4 Å². The lowest BCUT2D eigenvalue weighted by molar-refractivity contribution is 0.203. The number of nitrogens with zero attached hydrogens (tertiary/aromatic N) is 1. The van der Waals surface area contributed by atoms with E-state index in [-0.39, 0.29) is 0 Å². The van der Waals surface area contributed by atoms with Crippen LogP contribution in [0, 0.1) is 0 Å². The molecular weight excluding hydrogens is 198 g/mol. The van der Waals surface area contributed by atoms with E-state index in [1.54, 1.807) is 18.4 Å². The molecule has 0 spiro atoms. The quantitative estimate of drug-likeness (QED) is 0.781. The zero-order chi connectivity index (χ0) is 10.1. The number of fused-ring (bicyclic) bond motifs is 1. The van der Waals surface area contributed by atoms with Crippen molar-refractivity contribution < 1.29 is 9.90 Å². The Bertz CT molecular complexity index is 438. The molecule has 0 atom stereocenters. The Morgan fingerprint density at radius 2 is 2.21 bits per heavy atom. The van der Waals surface area contributed by atoms with Crippen LogP contribution in [0.3, 0.4) is 0 Å². The first-order valence-corrected chi connectivity index (χ1v) is 5.01. The molecule has 1 heterocycles. The Morgan fingerprint density at radius 3 is 2.93 bits per heavy atom. The van der Waals surface area contributed by atoms with Crippen LogP contribution in [-0.2, 0) is 0 Å². The third-order valence-electron chi connectivity index (χ3n) is 2.12. The van der Waals surface area contributed by atoms with Crippen LogP contribution < -0.4 is 4.90 Å². The molecule has 0 bridgehead atoms. The fourth-order valence-electron chi connectivity index (χ4n) is 1.37. The molecule has 1 aliphatic heterocycles. The highest BCUT2D eigenvalue weighted by atomic mass is 32.1. The molecule has 0 fully saturated rings. The molecule has 1 N–H and O–H groups in total. The highest BCUT2D eigenvalue weighted by Crippen LogP contribution is 2.36. The Hall–Kier alpha value is -1.55. The summed E-state index contributed by atoms with van der Waals surface area (Å²) in [6, 6.07) is 7.62. The predicted molar refractivity (Wildman–Crippen MR) is 57.4 cm³/mol. The van der Waals surface area contributed by atoms with Gasteiger partial charge in [-0.15, -0.1) is 11.3 Å². The summed E-state index contributed by atoms with van der Waals surface area (Å²) in [5.41, 5.74) is 1.73. The van der Waals surface area contributed by atoms with E-state index >= 15 is 0 Å². The highest BCUT2D eigenvalue weighted by Gasteiger charge is 2.16. The van der Waals surface area contributed by atoms with E-state index < -0.39 is 6.09 Å². The average molecular weight is 207 g/mol. The molecule has 0 aromatic carbocycles. The summed E-state index contributed by atoms with van der Waals surface area (Å²) in [5.74, 6) is 0. The topological polar surface area (TPSA) is 40.5 Å². The van der Waals surface area contributed by atoms with Gasteiger partial charge in [-0.05, 0) is 17.5 Å². The van der Waals surface area contributed by atoms with Gasteiger partial charge in [0.2, 0.25) is 0 Å². The minimum absolute atomic E-state index is 0.740. The number of anilines is 1. The molecule has 0 saturated carbocycles. The third kappa shape index (κ3) is 1.33. The van der Waals surface area contributed by atoms with E-state index in [9.17, 15) is 4.79 Å². The summed E-state index contributed by atoms with van der Waals surface area (Å²) in [7, 11) is 1.55. The lowest BCUT2D eigenvalue weighted by Crippen LogP contribution is -2.23. The summed E-state index contributed by atoms with van der Waals surface area (Å²) < 4.78 is 0. The van der Waals surface area contributed by atoms with Crippen LogP contribution >= 0.6 is 11.3 Å². The Balaban J connectivity index is 2.50. The fourth-order valence-corrected chi connectivity index (χ4v) is 2.12. The Kier molecular flexibility index (Phi) is 2.13. The molecule has 0 aromatic heterocycles.